The summed E-state index contributed by atoms with van der Waals surface area (Å²) in [7, 11) is 1.62. The van der Waals surface area contributed by atoms with Gasteiger partial charge in [-0.1, -0.05) is 41.6 Å². The first-order valence-corrected chi connectivity index (χ1v) is 7.20. The van der Waals surface area contributed by atoms with E-state index in [1.54, 1.807) is 13.2 Å². The fourth-order valence-corrected chi connectivity index (χ4v) is 2.04. The molecule has 1 amide bonds. The molecule has 0 aromatic heterocycles. The van der Waals surface area contributed by atoms with E-state index in [2.05, 4.69) is 17.2 Å². The van der Waals surface area contributed by atoms with Gasteiger partial charge in [0.2, 0.25) is 5.91 Å². The number of carbonyl (C=O) groups is 1. The van der Waals surface area contributed by atoms with Crippen molar-refractivity contribution in [2.45, 2.75) is 6.42 Å². The molecule has 0 aliphatic heterocycles. The van der Waals surface area contributed by atoms with Gasteiger partial charge in [-0.05, 0) is 35.9 Å². The predicted octanol–water partition coefficient (Wildman–Crippen LogP) is 3.06. The van der Waals surface area contributed by atoms with Crippen LogP contribution in [0.15, 0.2) is 48.5 Å². The molecule has 0 fully saturated rings. The van der Waals surface area contributed by atoms with Gasteiger partial charge < -0.3 is 10.1 Å². The third-order valence-electron chi connectivity index (χ3n) is 3.01. The highest BCUT2D eigenvalue weighted by Crippen LogP contribution is 2.15. The highest BCUT2D eigenvalue weighted by atomic mass is 35.5. The highest BCUT2D eigenvalue weighted by molar-refractivity contribution is 6.31. The molecule has 0 aliphatic rings. The van der Waals surface area contributed by atoms with Crippen molar-refractivity contribution in [3.05, 3.63) is 64.7 Å². The zero-order valence-corrected chi connectivity index (χ0v) is 13.0. The van der Waals surface area contributed by atoms with Crippen LogP contribution in [0.3, 0.4) is 0 Å². The minimum absolute atomic E-state index is 0.0999. The molecule has 2 aromatic rings. The molecule has 0 saturated heterocycles. The molecule has 0 spiro atoms. The van der Waals surface area contributed by atoms with Gasteiger partial charge in [0.05, 0.1) is 20.1 Å². The molecule has 3 nitrogen and oxygen atoms in total. The zero-order valence-electron chi connectivity index (χ0n) is 12.2. The summed E-state index contributed by atoms with van der Waals surface area (Å²) in [5.74, 6) is 6.59. The Morgan fingerprint density at radius 1 is 1.18 bits per heavy atom. The van der Waals surface area contributed by atoms with Crippen molar-refractivity contribution in [3.63, 3.8) is 0 Å². The molecule has 0 radical (unpaired) electrons. The molecule has 1 N–H and O–H groups in total. The number of hydrogen-bond donors (Lipinski definition) is 1. The van der Waals surface area contributed by atoms with Crippen molar-refractivity contribution in [2.24, 2.45) is 0 Å². The van der Waals surface area contributed by atoms with E-state index in [1.165, 1.54) is 0 Å². The van der Waals surface area contributed by atoms with Crippen molar-refractivity contribution < 1.29 is 9.53 Å². The van der Waals surface area contributed by atoms with Crippen molar-refractivity contribution in [1.29, 1.82) is 0 Å². The van der Waals surface area contributed by atoms with Gasteiger partial charge in [-0.15, -0.1) is 0 Å². The van der Waals surface area contributed by atoms with E-state index >= 15 is 0 Å². The lowest BCUT2D eigenvalue weighted by molar-refractivity contribution is -0.120. The predicted molar refractivity (Wildman–Crippen MR) is 88.0 cm³/mol. The molecule has 2 rings (SSSR count). The average molecular weight is 314 g/mol. The van der Waals surface area contributed by atoms with E-state index in [0.29, 0.717) is 11.6 Å². The minimum atomic E-state index is -0.0999. The summed E-state index contributed by atoms with van der Waals surface area (Å²) >= 11 is 6.02. The summed E-state index contributed by atoms with van der Waals surface area (Å²) in [4.78, 5) is 11.8. The van der Waals surface area contributed by atoms with Crippen molar-refractivity contribution in [1.82, 2.24) is 5.32 Å². The SMILES string of the molecule is COc1ccc(C#CCNC(=O)Cc2ccccc2Cl)cc1. The molecule has 22 heavy (non-hydrogen) atoms. The summed E-state index contributed by atoms with van der Waals surface area (Å²) in [5.41, 5.74) is 1.69. The minimum Gasteiger partial charge on any atom is -0.497 e. The van der Waals surface area contributed by atoms with Crippen LogP contribution in [0.4, 0.5) is 0 Å². The Bertz CT molecular complexity index is 699. The van der Waals surface area contributed by atoms with Crippen molar-refractivity contribution in [3.8, 4) is 17.6 Å². The van der Waals surface area contributed by atoms with Crippen molar-refractivity contribution >= 4 is 17.5 Å². The van der Waals surface area contributed by atoms with Crippen LogP contribution in [-0.2, 0) is 11.2 Å². The second kappa shape index (κ2) is 8.11. The first kappa shape index (κ1) is 15.9. The van der Waals surface area contributed by atoms with Gasteiger partial charge in [0, 0.05) is 10.6 Å². The lowest BCUT2D eigenvalue weighted by Gasteiger charge is -2.03. The number of carbonyl (C=O) groups excluding carboxylic acids is 1. The van der Waals surface area contributed by atoms with E-state index in [4.69, 9.17) is 16.3 Å². The molecule has 0 aliphatic carbocycles. The Labute approximate surface area is 135 Å². The molecule has 0 unspecified atom stereocenters. The Morgan fingerprint density at radius 2 is 1.91 bits per heavy atom. The Hall–Kier alpha value is -2.44. The molecule has 4 heteroatoms. The molecule has 0 bridgehead atoms. The van der Waals surface area contributed by atoms with E-state index < -0.39 is 0 Å². The van der Waals surface area contributed by atoms with Crippen LogP contribution < -0.4 is 10.1 Å². The molecule has 112 valence electrons. The maximum atomic E-state index is 11.8. The van der Waals surface area contributed by atoms with Gasteiger partial charge in [-0.2, -0.15) is 0 Å². The average Bonchev–Trinajstić information content (AvgIpc) is 2.54. The van der Waals surface area contributed by atoms with Crippen LogP contribution in [0.5, 0.6) is 5.75 Å². The van der Waals surface area contributed by atoms with Gasteiger partial charge in [-0.3, -0.25) is 4.79 Å². The molecular weight excluding hydrogens is 298 g/mol. The number of amides is 1. The van der Waals surface area contributed by atoms with Gasteiger partial charge >= 0.3 is 0 Å². The number of halogens is 1. The fraction of sp³-hybridized carbons (Fsp3) is 0.167. The number of nitrogens with one attached hydrogen (secondary N) is 1. The Morgan fingerprint density at radius 3 is 2.59 bits per heavy atom. The van der Waals surface area contributed by atoms with Crippen LogP contribution in [0.25, 0.3) is 0 Å². The monoisotopic (exact) mass is 313 g/mol. The normalized spacial score (nSPS) is 9.55. The van der Waals surface area contributed by atoms with Gasteiger partial charge in [0.25, 0.3) is 0 Å². The number of benzene rings is 2. The van der Waals surface area contributed by atoms with Crippen LogP contribution in [0.1, 0.15) is 11.1 Å². The van der Waals surface area contributed by atoms with E-state index in [1.807, 2.05) is 42.5 Å². The smallest absolute Gasteiger partial charge is 0.225 e. The highest BCUT2D eigenvalue weighted by Gasteiger charge is 2.04. The number of methoxy groups -OCH3 is 1. The molecule has 2 aromatic carbocycles. The maximum Gasteiger partial charge on any atom is 0.225 e. The molecular formula is C18H16ClNO2. The first-order chi connectivity index (χ1) is 10.7. The number of ether oxygens (including phenoxy) is 1. The largest absolute Gasteiger partial charge is 0.497 e. The van der Waals surface area contributed by atoms with Crippen LogP contribution in [0.2, 0.25) is 5.02 Å². The third-order valence-corrected chi connectivity index (χ3v) is 3.37. The third kappa shape index (κ3) is 4.83. The standard InChI is InChI=1S/C18H16ClNO2/c1-22-16-10-8-14(9-11-16)5-4-12-20-18(21)13-15-6-2-3-7-17(15)19/h2-3,6-11H,12-13H2,1H3,(H,20,21). The van der Waals surface area contributed by atoms with Gasteiger partial charge in [0.1, 0.15) is 5.75 Å². The quantitative estimate of drug-likeness (QED) is 0.881. The Balaban J connectivity index is 1.82. The second-order valence-corrected chi connectivity index (χ2v) is 4.98. The van der Waals surface area contributed by atoms with Crippen LogP contribution in [-0.4, -0.2) is 19.6 Å². The summed E-state index contributed by atoms with van der Waals surface area (Å²) in [6.07, 6.45) is 0.254. The van der Waals surface area contributed by atoms with Crippen LogP contribution in [0, 0.1) is 11.8 Å². The number of rotatable bonds is 4. The summed E-state index contributed by atoms with van der Waals surface area (Å²) < 4.78 is 5.08. The van der Waals surface area contributed by atoms with E-state index in [-0.39, 0.29) is 12.3 Å². The molecule has 0 heterocycles. The topological polar surface area (TPSA) is 38.3 Å². The van der Waals surface area contributed by atoms with Crippen LogP contribution >= 0.6 is 11.6 Å². The van der Waals surface area contributed by atoms with E-state index in [0.717, 1.165) is 16.9 Å². The summed E-state index contributed by atoms with van der Waals surface area (Å²) in [6.45, 7) is 0.301. The molecule has 0 atom stereocenters. The lowest BCUT2D eigenvalue weighted by Crippen LogP contribution is -2.25. The fourth-order valence-electron chi connectivity index (χ4n) is 1.84. The first-order valence-electron chi connectivity index (χ1n) is 6.82. The number of hydrogen-bond acceptors (Lipinski definition) is 2. The van der Waals surface area contributed by atoms with E-state index in [9.17, 15) is 4.79 Å². The van der Waals surface area contributed by atoms with Gasteiger partial charge in [0.15, 0.2) is 0 Å². The lowest BCUT2D eigenvalue weighted by atomic mass is 10.1. The van der Waals surface area contributed by atoms with Gasteiger partial charge in [-0.25, -0.2) is 0 Å². The summed E-state index contributed by atoms with van der Waals surface area (Å²) in [5, 5.41) is 3.35. The molecule has 0 saturated carbocycles. The summed E-state index contributed by atoms with van der Waals surface area (Å²) in [6, 6.07) is 14.7. The second-order valence-electron chi connectivity index (χ2n) is 4.58. The maximum absolute atomic E-state index is 11.8. The zero-order chi connectivity index (χ0) is 15.8. The Kier molecular flexibility index (Phi) is 5.88. The van der Waals surface area contributed by atoms with Crippen molar-refractivity contribution in [2.75, 3.05) is 13.7 Å².